The SMILES string of the molecule is CCCCN(C)S(=O)(=O)CCOc1ccccc1N. The quantitative estimate of drug-likeness (QED) is 0.738. The zero-order valence-electron chi connectivity index (χ0n) is 11.5. The largest absolute Gasteiger partial charge is 0.490 e. The van der Waals surface area contributed by atoms with E-state index in [9.17, 15) is 8.42 Å². The summed E-state index contributed by atoms with van der Waals surface area (Å²) >= 11 is 0. The molecule has 0 bridgehead atoms. The standard InChI is InChI=1S/C13H22N2O3S/c1-3-4-9-15(2)19(16,17)11-10-18-13-8-6-5-7-12(13)14/h5-8H,3-4,9-11,14H2,1-2H3. The molecule has 0 amide bonds. The highest BCUT2D eigenvalue weighted by Crippen LogP contribution is 2.19. The number of benzene rings is 1. The fourth-order valence-electron chi connectivity index (χ4n) is 1.54. The van der Waals surface area contributed by atoms with Crippen molar-refractivity contribution in [1.82, 2.24) is 4.31 Å². The lowest BCUT2D eigenvalue weighted by Gasteiger charge is -2.17. The number of hydrogen-bond acceptors (Lipinski definition) is 4. The molecule has 2 N–H and O–H groups in total. The Bertz CT molecular complexity index is 488. The first-order chi connectivity index (χ1) is 8.97. The molecule has 1 rings (SSSR count). The molecule has 0 aliphatic carbocycles. The fraction of sp³-hybridized carbons (Fsp3) is 0.538. The average molecular weight is 286 g/mol. The molecular weight excluding hydrogens is 264 g/mol. The van der Waals surface area contributed by atoms with Gasteiger partial charge in [-0.05, 0) is 18.6 Å². The molecule has 0 aromatic heterocycles. The summed E-state index contributed by atoms with van der Waals surface area (Å²) in [6.45, 7) is 2.68. The zero-order valence-corrected chi connectivity index (χ0v) is 12.3. The van der Waals surface area contributed by atoms with E-state index in [1.807, 2.05) is 6.92 Å². The van der Waals surface area contributed by atoms with Gasteiger partial charge < -0.3 is 10.5 Å². The number of anilines is 1. The van der Waals surface area contributed by atoms with Crippen LogP contribution >= 0.6 is 0 Å². The van der Waals surface area contributed by atoms with Crippen molar-refractivity contribution in [3.63, 3.8) is 0 Å². The summed E-state index contributed by atoms with van der Waals surface area (Å²) in [7, 11) is -1.65. The third-order valence-electron chi connectivity index (χ3n) is 2.82. The van der Waals surface area contributed by atoms with Gasteiger partial charge in [-0.3, -0.25) is 0 Å². The second kappa shape index (κ2) is 7.35. The Morgan fingerprint density at radius 2 is 2.00 bits per heavy atom. The normalized spacial score (nSPS) is 11.7. The van der Waals surface area contributed by atoms with E-state index >= 15 is 0 Å². The van der Waals surface area contributed by atoms with E-state index in [0.29, 0.717) is 18.0 Å². The van der Waals surface area contributed by atoms with Gasteiger partial charge in [-0.1, -0.05) is 25.5 Å². The van der Waals surface area contributed by atoms with Gasteiger partial charge in [0.15, 0.2) is 0 Å². The molecule has 0 atom stereocenters. The first-order valence-electron chi connectivity index (χ1n) is 6.38. The molecule has 108 valence electrons. The first kappa shape index (κ1) is 15.8. The van der Waals surface area contributed by atoms with Gasteiger partial charge in [0.1, 0.15) is 12.4 Å². The highest BCUT2D eigenvalue weighted by atomic mass is 32.2. The predicted molar refractivity (Wildman–Crippen MR) is 77.7 cm³/mol. The van der Waals surface area contributed by atoms with Crippen LogP contribution in [-0.2, 0) is 10.0 Å². The van der Waals surface area contributed by atoms with Gasteiger partial charge in [-0.2, -0.15) is 0 Å². The Morgan fingerprint density at radius 1 is 1.32 bits per heavy atom. The molecule has 0 saturated heterocycles. The topological polar surface area (TPSA) is 72.6 Å². The van der Waals surface area contributed by atoms with Gasteiger partial charge >= 0.3 is 0 Å². The van der Waals surface area contributed by atoms with Crippen LogP contribution in [0.5, 0.6) is 5.75 Å². The number of para-hydroxylation sites is 2. The van der Waals surface area contributed by atoms with Crippen molar-refractivity contribution in [2.45, 2.75) is 19.8 Å². The summed E-state index contributed by atoms with van der Waals surface area (Å²) in [5, 5.41) is 0. The van der Waals surface area contributed by atoms with E-state index < -0.39 is 10.0 Å². The lowest BCUT2D eigenvalue weighted by atomic mass is 10.3. The number of nitrogens with zero attached hydrogens (tertiary/aromatic N) is 1. The molecule has 1 aromatic rings. The van der Waals surface area contributed by atoms with E-state index in [4.69, 9.17) is 10.5 Å². The molecule has 1 aromatic carbocycles. The van der Waals surface area contributed by atoms with Crippen LogP contribution in [0.1, 0.15) is 19.8 Å². The van der Waals surface area contributed by atoms with Gasteiger partial charge in [-0.15, -0.1) is 0 Å². The number of unbranched alkanes of at least 4 members (excludes halogenated alkanes) is 1. The summed E-state index contributed by atoms with van der Waals surface area (Å²) < 4.78 is 30.6. The number of hydrogen-bond donors (Lipinski definition) is 1. The monoisotopic (exact) mass is 286 g/mol. The molecule has 0 aliphatic rings. The van der Waals surface area contributed by atoms with Crippen LogP contribution in [0.2, 0.25) is 0 Å². The Hall–Kier alpha value is -1.27. The Kier molecular flexibility index (Phi) is 6.11. The summed E-state index contributed by atoms with van der Waals surface area (Å²) in [6, 6.07) is 7.05. The second-order valence-corrected chi connectivity index (χ2v) is 6.57. The van der Waals surface area contributed by atoms with Crippen molar-refractivity contribution in [3.05, 3.63) is 24.3 Å². The van der Waals surface area contributed by atoms with Crippen LogP contribution in [0.25, 0.3) is 0 Å². The van der Waals surface area contributed by atoms with Gasteiger partial charge in [0.2, 0.25) is 10.0 Å². The predicted octanol–water partition coefficient (Wildman–Crippen LogP) is 1.71. The van der Waals surface area contributed by atoms with Crippen LogP contribution in [-0.4, -0.2) is 38.7 Å². The zero-order chi connectivity index (χ0) is 14.3. The van der Waals surface area contributed by atoms with Crippen molar-refractivity contribution < 1.29 is 13.2 Å². The number of nitrogen functional groups attached to an aromatic ring is 1. The van der Waals surface area contributed by atoms with E-state index in [1.54, 1.807) is 31.3 Å². The highest BCUT2D eigenvalue weighted by Gasteiger charge is 2.17. The number of sulfonamides is 1. The van der Waals surface area contributed by atoms with Crippen LogP contribution < -0.4 is 10.5 Å². The fourth-order valence-corrected chi connectivity index (χ4v) is 2.56. The smallest absolute Gasteiger partial charge is 0.217 e. The second-order valence-electron chi connectivity index (χ2n) is 4.38. The molecule has 0 aliphatic heterocycles. The highest BCUT2D eigenvalue weighted by molar-refractivity contribution is 7.89. The van der Waals surface area contributed by atoms with Crippen molar-refractivity contribution >= 4 is 15.7 Å². The summed E-state index contributed by atoms with van der Waals surface area (Å²) in [5.74, 6) is 0.482. The van der Waals surface area contributed by atoms with E-state index in [-0.39, 0.29) is 12.4 Å². The molecule has 0 heterocycles. The molecule has 6 heteroatoms. The maximum atomic E-state index is 11.9. The van der Waals surface area contributed by atoms with Crippen molar-refractivity contribution in [3.8, 4) is 5.75 Å². The average Bonchev–Trinajstić information content (AvgIpc) is 2.38. The molecule has 0 spiro atoms. The van der Waals surface area contributed by atoms with Crippen molar-refractivity contribution in [1.29, 1.82) is 0 Å². The van der Waals surface area contributed by atoms with Crippen LogP contribution in [0.4, 0.5) is 5.69 Å². The Morgan fingerprint density at radius 3 is 2.63 bits per heavy atom. The van der Waals surface area contributed by atoms with Crippen LogP contribution in [0.15, 0.2) is 24.3 Å². The lowest BCUT2D eigenvalue weighted by Crippen LogP contribution is -2.32. The number of nitrogens with two attached hydrogens (primary N) is 1. The van der Waals surface area contributed by atoms with Crippen LogP contribution in [0.3, 0.4) is 0 Å². The maximum Gasteiger partial charge on any atom is 0.217 e. The summed E-state index contributed by atoms with van der Waals surface area (Å²) in [5.41, 5.74) is 6.22. The molecule has 0 radical (unpaired) electrons. The molecule has 0 fully saturated rings. The van der Waals surface area contributed by atoms with Gasteiger partial charge in [0.05, 0.1) is 11.4 Å². The van der Waals surface area contributed by atoms with Gasteiger partial charge in [0, 0.05) is 13.6 Å². The Balaban J connectivity index is 2.46. The Labute approximate surface area is 115 Å². The maximum absolute atomic E-state index is 11.9. The van der Waals surface area contributed by atoms with E-state index in [2.05, 4.69) is 0 Å². The van der Waals surface area contributed by atoms with Crippen molar-refractivity contribution in [2.75, 3.05) is 31.7 Å². The van der Waals surface area contributed by atoms with Gasteiger partial charge in [-0.25, -0.2) is 12.7 Å². The molecule has 5 nitrogen and oxygen atoms in total. The number of rotatable bonds is 8. The lowest BCUT2D eigenvalue weighted by molar-refractivity contribution is 0.338. The molecule has 19 heavy (non-hydrogen) atoms. The minimum atomic E-state index is -3.25. The third kappa shape index (κ3) is 5.08. The van der Waals surface area contributed by atoms with Crippen LogP contribution in [0, 0.1) is 0 Å². The van der Waals surface area contributed by atoms with E-state index in [1.165, 1.54) is 4.31 Å². The molecule has 0 unspecified atom stereocenters. The third-order valence-corrected chi connectivity index (χ3v) is 4.63. The minimum Gasteiger partial charge on any atom is -0.490 e. The molecular formula is C13H22N2O3S. The summed E-state index contributed by atoms with van der Waals surface area (Å²) in [4.78, 5) is 0. The van der Waals surface area contributed by atoms with Crippen molar-refractivity contribution in [2.24, 2.45) is 0 Å². The minimum absolute atomic E-state index is 0.0401. The summed E-state index contributed by atoms with van der Waals surface area (Å²) in [6.07, 6.45) is 1.83. The van der Waals surface area contributed by atoms with Gasteiger partial charge in [0.25, 0.3) is 0 Å². The van der Waals surface area contributed by atoms with E-state index in [0.717, 1.165) is 12.8 Å². The molecule has 0 saturated carbocycles. The number of ether oxygens (including phenoxy) is 1. The first-order valence-corrected chi connectivity index (χ1v) is 7.99.